The van der Waals surface area contributed by atoms with E-state index in [0.29, 0.717) is 19.3 Å². The Hall–Kier alpha value is -1.98. The third-order valence-electron chi connectivity index (χ3n) is 4.34. The third kappa shape index (κ3) is 2.62. The molecular weight excluding hydrogens is 280 g/mol. The summed E-state index contributed by atoms with van der Waals surface area (Å²) in [5.74, 6) is -3.83. The fourth-order valence-electron chi connectivity index (χ4n) is 2.88. The molecule has 0 aliphatic heterocycles. The highest BCUT2D eigenvalue weighted by atomic mass is 19.2. The topological polar surface area (TPSA) is 66.4 Å². The molecule has 0 radical (unpaired) electrons. The second-order valence-electron chi connectivity index (χ2n) is 5.80. The Morgan fingerprint density at radius 3 is 2.57 bits per heavy atom. The number of carbonyl (C=O) groups excluding carboxylic acids is 1. The van der Waals surface area contributed by atoms with Gasteiger partial charge in [0.25, 0.3) is 0 Å². The Kier molecular flexibility index (Phi) is 3.39. The van der Waals surface area contributed by atoms with Crippen molar-refractivity contribution in [3.05, 3.63) is 35.4 Å². The van der Waals surface area contributed by atoms with Gasteiger partial charge < -0.3 is 10.4 Å². The summed E-state index contributed by atoms with van der Waals surface area (Å²) in [5, 5.41) is 11.5. The Balaban J connectivity index is 1.55. The Labute approximate surface area is 120 Å². The van der Waals surface area contributed by atoms with Crippen LogP contribution in [0.15, 0.2) is 18.2 Å². The first-order valence-corrected chi connectivity index (χ1v) is 6.94. The van der Waals surface area contributed by atoms with Gasteiger partial charge in [0, 0.05) is 12.0 Å². The van der Waals surface area contributed by atoms with Gasteiger partial charge in [0.2, 0.25) is 5.91 Å². The molecular formula is C15H15F2NO3. The number of carboxylic acids is 1. The van der Waals surface area contributed by atoms with E-state index in [1.807, 2.05) is 0 Å². The number of carbonyl (C=O) groups is 2. The SMILES string of the molecule is O=C(O)C1CC(NC(=O)C2CC2c2cccc(F)c2F)C1. The number of benzene rings is 1. The number of halogens is 2. The summed E-state index contributed by atoms with van der Waals surface area (Å²) in [6, 6.07) is 3.87. The van der Waals surface area contributed by atoms with Crippen LogP contribution in [0.4, 0.5) is 8.78 Å². The van der Waals surface area contributed by atoms with E-state index < -0.39 is 17.6 Å². The Bertz CT molecular complexity index is 599. The summed E-state index contributed by atoms with van der Waals surface area (Å²) in [5.41, 5.74) is 0.243. The lowest BCUT2D eigenvalue weighted by atomic mass is 9.80. The van der Waals surface area contributed by atoms with Gasteiger partial charge in [-0.1, -0.05) is 12.1 Å². The Morgan fingerprint density at radius 1 is 1.19 bits per heavy atom. The van der Waals surface area contributed by atoms with Crippen molar-refractivity contribution in [1.82, 2.24) is 5.32 Å². The van der Waals surface area contributed by atoms with E-state index in [0.717, 1.165) is 6.07 Å². The van der Waals surface area contributed by atoms with Crippen molar-refractivity contribution in [3.63, 3.8) is 0 Å². The molecule has 2 saturated carbocycles. The molecule has 3 rings (SSSR count). The van der Waals surface area contributed by atoms with Gasteiger partial charge >= 0.3 is 5.97 Å². The van der Waals surface area contributed by atoms with Crippen LogP contribution in [-0.4, -0.2) is 23.0 Å². The molecule has 21 heavy (non-hydrogen) atoms. The summed E-state index contributed by atoms with van der Waals surface area (Å²) in [4.78, 5) is 22.7. The smallest absolute Gasteiger partial charge is 0.306 e. The third-order valence-corrected chi connectivity index (χ3v) is 4.34. The fraction of sp³-hybridized carbons (Fsp3) is 0.467. The average molecular weight is 295 g/mol. The number of hydrogen-bond donors (Lipinski definition) is 2. The van der Waals surface area contributed by atoms with E-state index in [2.05, 4.69) is 5.32 Å². The molecule has 6 heteroatoms. The van der Waals surface area contributed by atoms with Crippen LogP contribution in [0.2, 0.25) is 0 Å². The lowest BCUT2D eigenvalue weighted by Gasteiger charge is -2.32. The predicted octanol–water partition coefficient (Wildman–Crippen LogP) is 2.05. The van der Waals surface area contributed by atoms with Gasteiger partial charge in [-0.2, -0.15) is 0 Å². The van der Waals surface area contributed by atoms with E-state index >= 15 is 0 Å². The van der Waals surface area contributed by atoms with Gasteiger partial charge in [-0.15, -0.1) is 0 Å². The van der Waals surface area contributed by atoms with Gasteiger partial charge in [-0.05, 0) is 36.8 Å². The monoisotopic (exact) mass is 295 g/mol. The summed E-state index contributed by atoms with van der Waals surface area (Å²) in [7, 11) is 0. The van der Waals surface area contributed by atoms with E-state index in [1.54, 1.807) is 0 Å². The van der Waals surface area contributed by atoms with Crippen molar-refractivity contribution in [1.29, 1.82) is 0 Å². The quantitative estimate of drug-likeness (QED) is 0.893. The van der Waals surface area contributed by atoms with Crippen molar-refractivity contribution >= 4 is 11.9 Å². The maximum atomic E-state index is 13.6. The van der Waals surface area contributed by atoms with Gasteiger partial charge in [0.15, 0.2) is 11.6 Å². The zero-order valence-corrected chi connectivity index (χ0v) is 11.2. The van der Waals surface area contributed by atoms with Crippen LogP contribution in [-0.2, 0) is 9.59 Å². The molecule has 1 amide bonds. The van der Waals surface area contributed by atoms with Crippen LogP contribution in [0.5, 0.6) is 0 Å². The van der Waals surface area contributed by atoms with E-state index in [-0.39, 0.29) is 35.3 Å². The van der Waals surface area contributed by atoms with Crippen LogP contribution >= 0.6 is 0 Å². The molecule has 2 fully saturated rings. The largest absolute Gasteiger partial charge is 0.481 e. The number of aliphatic carboxylic acids is 1. The molecule has 0 spiro atoms. The summed E-state index contributed by atoms with van der Waals surface area (Å²) < 4.78 is 26.8. The zero-order chi connectivity index (χ0) is 15.1. The summed E-state index contributed by atoms with van der Waals surface area (Å²) >= 11 is 0. The van der Waals surface area contributed by atoms with Crippen LogP contribution in [0.1, 0.15) is 30.7 Å². The molecule has 0 heterocycles. The van der Waals surface area contributed by atoms with Crippen LogP contribution in [0.25, 0.3) is 0 Å². The number of amides is 1. The molecule has 0 aromatic heterocycles. The molecule has 1 aromatic rings. The van der Waals surface area contributed by atoms with Crippen molar-refractivity contribution in [2.75, 3.05) is 0 Å². The predicted molar refractivity (Wildman–Crippen MR) is 69.5 cm³/mol. The van der Waals surface area contributed by atoms with E-state index in [4.69, 9.17) is 5.11 Å². The number of rotatable bonds is 4. The first-order chi connectivity index (χ1) is 9.97. The maximum Gasteiger partial charge on any atom is 0.306 e. The lowest BCUT2D eigenvalue weighted by Crippen LogP contribution is -2.47. The summed E-state index contributed by atoms with van der Waals surface area (Å²) in [6.45, 7) is 0. The summed E-state index contributed by atoms with van der Waals surface area (Å²) in [6.07, 6.45) is 1.38. The highest BCUT2D eigenvalue weighted by Crippen LogP contribution is 2.48. The number of hydrogen-bond acceptors (Lipinski definition) is 2. The molecule has 2 aliphatic rings. The molecule has 1 aromatic carbocycles. The van der Waals surface area contributed by atoms with E-state index in [9.17, 15) is 18.4 Å². The zero-order valence-electron chi connectivity index (χ0n) is 11.2. The second kappa shape index (κ2) is 5.09. The highest BCUT2D eigenvalue weighted by molar-refractivity contribution is 5.83. The average Bonchev–Trinajstić information content (AvgIpc) is 3.16. The molecule has 112 valence electrons. The van der Waals surface area contributed by atoms with Gasteiger partial charge in [0.1, 0.15) is 0 Å². The minimum Gasteiger partial charge on any atom is -0.481 e. The molecule has 4 nitrogen and oxygen atoms in total. The first kappa shape index (κ1) is 14.0. The van der Waals surface area contributed by atoms with Crippen LogP contribution in [0, 0.1) is 23.5 Å². The standard InChI is InChI=1S/C15H15F2NO3/c16-12-3-1-2-9(13(12)17)10-6-11(10)14(19)18-8-4-7(5-8)15(20)21/h1-3,7-8,10-11H,4-6H2,(H,18,19)(H,20,21). The first-order valence-electron chi connectivity index (χ1n) is 6.94. The maximum absolute atomic E-state index is 13.6. The van der Waals surface area contributed by atoms with Gasteiger partial charge in [0.05, 0.1) is 5.92 Å². The fourth-order valence-corrected chi connectivity index (χ4v) is 2.88. The number of nitrogens with one attached hydrogen (secondary N) is 1. The Morgan fingerprint density at radius 2 is 1.90 bits per heavy atom. The molecule has 0 bridgehead atoms. The van der Waals surface area contributed by atoms with Gasteiger partial charge in [-0.25, -0.2) is 8.78 Å². The van der Waals surface area contributed by atoms with Crippen LogP contribution < -0.4 is 5.32 Å². The van der Waals surface area contributed by atoms with Crippen molar-refractivity contribution < 1.29 is 23.5 Å². The van der Waals surface area contributed by atoms with Crippen molar-refractivity contribution in [2.24, 2.45) is 11.8 Å². The minimum atomic E-state index is -0.901. The molecule has 2 N–H and O–H groups in total. The molecule has 2 aliphatic carbocycles. The van der Waals surface area contributed by atoms with Crippen LogP contribution in [0.3, 0.4) is 0 Å². The molecule has 0 saturated heterocycles. The lowest BCUT2D eigenvalue weighted by molar-refractivity contribution is -0.146. The second-order valence-corrected chi connectivity index (χ2v) is 5.80. The van der Waals surface area contributed by atoms with Crippen molar-refractivity contribution in [2.45, 2.75) is 31.2 Å². The van der Waals surface area contributed by atoms with E-state index in [1.165, 1.54) is 12.1 Å². The van der Waals surface area contributed by atoms with Crippen molar-refractivity contribution in [3.8, 4) is 0 Å². The minimum absolute atomic E-state index is 0.114. The molecule has 2 atom stereocenters. The highest BCUT2D eigenvalue weighted by Gasteiger charge is 2.47. The normalized spacial score (nSPS) is 30.4. The number of carboxylic acid groups (broad SMARTS) is 1. The molecule has 2 unspecified atom stereocenters. The van der Waals surface area contributed by atoms with Gasteiger partial charge in [-0.3, -0.25) is 9.59 Å².